The predicted molar refractivity (Wildman–Crippen MR) is 101 cm³/mol. The third-order valence-electron chi connectivity index (χ3n) is 5.23. The molecule has 0 amide bonds. The molecule has 1 aliphatic carbocycles. The highest BCUT2D eigenvalue weighted by atomic mass is 16.5. The van der Waals surface area contributed by atoms with Crippen molar-refractivity contribution in [1.82, 2.24) is 19.6 Å². The average molecular weight is 361 g/mol. The van der Waals surface area contributed by atoms with Gasteiger partial charge in [0.15, 0.2) is 11.5 Å². The molecule has 0 radical (unpaired) electrons. The van der Waals surface area contributed by atoms with Gasteiger partial charge in [0.2, 0.25) is 0 Å². The van der Waals surface area contributed by atoms with Crippen LogP contribution in [-0.4, -0.2) is 37.4 Å². The number of anilines is 1. The monoisotopic (exact) mass is 361 g/mol. The molecule has 1 unspecified atom stereocenters. The summed E-state index contributed by atoms with van der Waals surface area (Å²) >= 11 is 0. The molecule has 0 bridgehead atoms. The van der Waals surface area contributed by atoms with Crippen LogP contribution in [0.5, 0.6) is 6.01 Å². The number of ether oxygens (including phenoxy) is 1. The summed E-state index contributed by atoms with van der Waals surface area (Å²) in [5.74, 6) is 1.05. The molecule has 2 heterocycles. The number of aliphatic hydroxyl groups excluding tert-OH is 1. The molecular weight excluding hydrogens is 330 g/mol. The number of fused-ring (bicyclic) bond motifs is 1. The van der Waals surface area contributed by atoms with E-state index in [4.69, 9.17) is 15.6 Å². The normalized spacial score (nSPS) is 16.8. The second-order valence-corrected chi connectivity index (χ2v) is 7.37. The molecule has 3 N–H and O–H groups in total. The molecule has 1 atom stereocenters. The molecule has 144 valence electrons. The van der Waals surface area contributed by atoms with Gasteiger partial charge in [-0.25, -0.2) is 9.50 Å². The van der Waals surface area contributed by atoms with Gasteiger partial charge in [-0.1, -0.05) is 45.4 Å². The minimum atomic E-state index is -0.00526. The Morgan fingerprint density at radius 1 is 1.31 bits per heavy atom. The summed E-state index contributed by atoms with van der Waals surface area (Å²) in [5.41, 5.74) is 7.78. The second-order valence-electron chi connectivity index (χ2n) is 7.37. The van der Waals surface area contributed by atoms with Gasteiger partial charge in [0.25, 0.3) is 0 Å². The third-order valence-corrected chi connectivity index (χ3v) is 5.23. The average Bonchev–Trinajstić information content (AvgIpc) is 3.04. The fourth-order valence-electron chi connectivity index (χ4n) is 3.86. The SMILES string of the molecule is CCCC(CCCO)Oc1nc(N)c2ncc(CC3CCCCC3)n2n1. The van der Waals surface area contributed by atoms with Gasteiger partial charge >= 0.3 is 6.01 Å². The molecule has 1 aliphatic rings. The molecule has 2 aromatic heterocycles. The minimum absolute atomic E-state index is 0.00526. The van der Waals surface area contributed by atoms with Crippen molar-refractivity contribution < 1.29 is 9.84 Å². The lowest BCUT2D eigenvalue weighted by Gasteiger charge is -2.21. The molecule has 0 aliphatic heterocycles. The lowest BCUT2D eigenvalue weighted by molar-refractivity contribution is 0.148. The van der Waals surface area contributed by atoms with E-state index in [1.807, 2.05) is 6.20 Å². The predicted octanol–water partition coefficient (Wildman–Crippen LogP) is 3.15. The molecule has 0 aromatic carbocycles. The van der Waals surface area contributed by atoms with Crippen molar-refractivity contribution in [3.05, 3.63) is 11.9 Å². The zero-order chi connectivity index (χ0) is 18.4. The molecular formula is C19H31N5O2. The fraction of sp³-hybridized carbons (Fsp3) is 0.737. The van der Waals surface area contributed by atoms with Crippen molar-refractivity contribution in [2.45, 2.75) is 77.2 Å². The highest BCUT2D eigenvalue weighted by Gasteiger charge is 2.19. The van der Waals surface area contributed by atoms with Crippen LogP contribution in [-0.2, 0) is 6.42 Å². The van der Waals surface area contributed by atoms with Crippen LogP contribution in [0.15, 0.2) is 6.20 Å². The molecule has 26 heavy (non-hydrogen) atoms. The number of aromatic nitrogens is 4. The van der Waals surface area contributed by atoms with E-state index in [0.29, 0.717) is 29.8 Å². The Kier molecular flexibility index (Phi) is 6.66. The summed E-state index contributed by atoms with van der Waals surface area (Å²) < 4.78 is 7.81. The Bertz CT molecular complexity index is 697. The number of imidazole rings is 1. The Hall–Kier alpha value is -1.89. The largest absolute Gasteiger partial charge is 0.459 e. The van der Waals surface area contributed by atoms with Gasteiger partial charge in [0, 0.05) is 6.61 Å². The summed E-state index contributed by atoms with van der Waals surface area (Å²) in [6.45, 7) is 2.28. The van der Waals surface area contributed by atoms with E-state index in [-0.39, 0.29) is 12.7 Å². The number of nitrogen functional groups attached to an aromatic ring is 1. The maximum Gasteiger partial charge on any atom is 0.336 e. The van der Waals surface area contributed by atoms with Crippen molar-refractivity contribution in [2.75, 3.05) is 12.3 Å². The Balaban J connectivity index is 1.79. The van der Waals surface area contributed by atoms with Crippen molar-refractivity contribution in [1.29, 1.82) is 0 Å². The van der Waals surface area contributed by atoms with Gasteiger partial charge < -0.3 is 15.6 Å². The molecule has 0 spiro atoms. The number of hydrogen-bond acceptors (Lipinski definition) is 6. The fourth-order valence-corrected chi connectivity index (χ4v) is 3.86. The summed E-state index contributed by atoms with van der Waals surface area (Å²) in [7, 11) is 0. The first-order valence-electron chi connectivity index (χ1n) is 9.99. The zero-order valence-corrected chi connectivity index (χ0v) is 15.7. The van der Waals surface area contributed by atoms with E-state index < -0.39 is 0 Å². The highest BCUT2D eigenvalue weighted by Crippen LogP contribution is 2.27. The van der Waals surface area contributed by atoms with Crippen molar-refractivity contribution in [3.63, 3.8) is 0 Å². The van der Waals surface area contributed by atoms with E-state index in [2.05, 4.69) is 22.0 Å². The highest BCUT2D eigenvalue weighted by molar-refractivity contribution is 5.59. The van der Waals surface area contributed by atoms with Crippen molar-refractivity contribution in [2.24, 2.45) is 5.92 Å². The lowest BCUT2D eigenvalue weighted by atomic mass is 9.86. The van der Waals surface area contributed by atoms with Gasteiger partial charge in [0.1, 0.15) is 6.10 Å². The van der Waals surface area contributed by atoms with E-state index in [9.17, 15) is 0 Å². The molecule has 7 heteroatoms. The van der Waals surface area contributed by atoms with E-state index >= 15 is 0 Å². The van der Waals surface area contributed by atoms with Gasteiger partial charge in [-0.15, -0.1) is 5.10 Å². The molecule has 1 fully saturated rings. The number of nitrogens with zero attached hydrogens (tertiary/aromatic N) is 4. The lowest BCUT2D eigenvalue weighted by Crippen LogP contribution is -2.20. The summed E-state index contributed by atoms with van der Waals surface area (Å²) in [4.78, 5) is 8.70. The van der Waals surface area contributed by atoms with Crippen LogP contribution in [0.1, 0.15) is 70.4 Å². The van der Waals surface area contributed by atoms with Crippen molar-refractivity contribution >= 4 is 11.5 Å². The minimum Gasteiger partial charge on any atom is -0.459 e. The summed E-state index contributed by atoms with van der Waals surface area (Å²) in [5, 5.41) is 13.7. The van der Waals surface area contributed by atoms with Crippen LogP contribution in [0.2, 0.25) is 0 Å². The van der Waals surface area contributed by atoms with Gasteiger partial charge in [0.05, 0.1) is 11.9 Å². The Morgan fingerprint density at radius 2 is 2.12 bits per heavy atom. The molecule has 2 aromatic rings. The standard InChI is InChI=1S/C19H31N5O2/c1-2-7-16(10-6-11-25)26-19-22-17(20)18-21-13-15(24(18)23-19)12-14-8-4-3-5-9-14/h13-14,16,25H,2-12H2,1H3,(H2,20,22,23). The Labute approximate surface area is 155 Å². The first kappa shape index (κ1) is 18.9. The maximum absolute atomic E-state index is 9.08. The van der Waals surface area contributed by atoms with E-state index in [0.717, 1.165) is 31.4 Å². The van der Waals surface area contributed by atoms with Crippen molar-refractivity contribution in [3.8, 4) is 6.01 Å². The van der Waals surface area contributed by atoms with Crippen LogP contribution >= 0.6 is 0 Å². The summed E-state index contributed by atoms with van der Waals surface area (Å²) in [6, 6.07) is 0.300. The second kappa shape index (κ2) is 9.16. The smallest absolute Gasteiger partial charge is 0.336 e. The molecule has 3 rings (SSSR count). The quantitative estimate of drug-likeness (QED) is 0.712. The van der Waals surface area contributed by atoms with Gasteiger partial charge in [-0.05, 0) is 31.6 Å². The van der Waals surface area contributed by atoms with E-state index in [1.165, 1.54) is 32.1 Å². The van der Waals surface area contributed by atoms with Gasteiger partial charge in [-0.2, -0.15) is 4.98 Å². The summed E-state index contributed by atoms with van der Waals surface area (Å²) in [6.07, 6.45) is 12.8. The molecule has 7 nitrogen and oxygen atoms in total. The Morgan fingerprint density at radius 3 is 2.85 bits per heavy atom. The van der Waals surface area contributed by atoms with Gasteiger partial charge in [-0.3, -0.25) is 0 Å². The topological polar surface area (TPSA) is 98.6 Å². The number of hydrogen-bond donors (Lipinski definition) is 2. The maximum atomic E-state index is 9.08. The van der Waals surface area contributed by atoms with Crippen LogP contribution in [0, 0.1) is 5.92 Å². The van der Waals surface area contributed by atoms with Crippen LogP contribution < -0.4 is 10.5 Å². The number of aliphatic hydroxyl groups is 1. The number of rotatable bonds is 9. The molecule has 0 saturated heterocycles. The van der Waals surface area contributed by atoms with Crippen LogP contribution in [0.4, 0.5) is 5.82 Å². The van der Waals surface area contributed by atoms with E-state index in [1.54, 1.807) is 4.52 Å². The first-order chi connectivity index (χ1) is 12.7. The van der Waals surface area contributed by atoms with Crippen LogP contribution in [0.25, 0.3) is 5.65 Å². The number of nitrogens with two attached hydrogens (primary N) is 1. The first-order valence-corrected chi connectivity index (χ1v) is 9.99. The van der Waals surface area contributed by atoms with Crippen LogP contribution in [0.3, 0.4) is 0 Å². The zero-order valence-electron chi connectivity index (χ0n) is 15.7. The molecule has 1 saturated carbocycles. The third kappa shape index (κ3) is 4.63.